The third-order valence-electron chi connectivity index (χ3n) is 4.61. The zero-order valence-corrected chi connectivity index (χ0v) is 13.8. The lowest BCUT2D eigenvalue weighted by molar-refractivity contribution is -0.140. The Labute approximate surface area is 135 Å². The molecule has 22 heavy (non-hydrogen) atoms. The van der Waals surface area contributed by atoms with Crippen molar-refractivity contribution in [3.05, 3.63) is 16.6 Å². The van der Waals surface area contributed by atoms with Crippen molar-refractivity contribution in [2.24, 2.45) is 5.92 Å². The number of amides is 2. The first-order chi connectivity index (χ1) is 10.6. The number of aromatic nitrogens is 1. The monoisotopic (exact) mass is 321 g/mol. The largest absolute Gasteiger partial charge is 0.343 e. The smallest absolute Gasteiger partial charge is 0.226 e. The first kappa shape index (κ1) is 15.5. The van der Waals surface area contributed by atoms with Crippen molar-refractivity contribution < 1.29 is 9.59 Å². The van der Waals surface area contributed by atoms with E-state index in [1.54, 1.807) is 18.3 Å². The molecule has 0 spiro atoms. The molecular weight excluding hydrogens is 298 g/mol. The number of rotatable bonds is 5. The molecule has 6 heteroatoms. The van der Waals surface area contributed by atoms with Crippen molar-refractivity contribution in [1.29, 1.82) is 0 Å². The third kappa shape index (κ3) is 3.66. The van der Waals surface area contributed by atoms with Crippen LogP contribution in [0.1, 0.15) is 37.6 Å². The number of thiazole rings is 1. The number of piperidine rings is 1. The van der Waals surface area contributed by atoms with Crippen LogP contribution in [0, 0.1) is 5.92 Å². The summed E-state index contributed by atoms with van der Waals surface area (Å²) in [6, 6.07) is 0.443. The number of hydrogen-bond acceptors (Lipinski definition) is 4. The molecule has 0 atom stereocenters. The first-order valence-corrected chi connectivity index (χ1v) is 8.97. The fraction of sp³-hybridized carbons (Fsp3) is 0.688. The summed E-state index contributed by atoms with van der Waals surface area (Å²) in [4.78, 5) is 32.4. The van der Waals surface area contributed by atoms with Gasteiger partial charge in [-0.2, -0.15) is 0 Å². The van der Waals surface area contributed by atoms with Gasteiger partial charge in [0.15, 0.2) is 0 Å². The summed E-state index contributed by atoms with van der Waals surface area (Å²) in [5, 5.41) is 3.08. The van der Waals surface area contributed by atoms with Crippen LogP contribution in [-0.2, 0) is 16.0 Å². The highest BCUT2D eigenvalue weighted by atomic mass is 32.1. The number of hydrogen-bond donors (Lipinski definition) is 0. The summed E-state index contributed by atoms with van der Waals surface area (Å²) in [7, 11) is 0. The van der Waals surface area contributed by atoms with Gasteiger partial charge < -0.3 is 9.80 Å². The van der Waals surface area contributed by atoms with Gasteiger partial charge >= 0.3 is 0 Å². The molecular formula is C16H23N3O2S. The minimum absolute atomic E-state index is 0.0903. The predicted octanol–water partition coefficient (Wildman–Crippen LogP) is 1.94. The zero-order chi connectivity index (χ0) is 15.5. The number of carbonyl (C=O) groups excluding carboxylic acids is 2. The Kier molecular flexibility index (Phi) is 4.76. The van der Waals surface area contributed by atoms with Gasteiger partial charge in [0, 0.05) is 56.5 Å². The SMILES string of the molecule is CC(=O)N1CCC(C(=O)N(CCc2nccs2)C2CC2)CC1. The molecule has 1 saturated carbocycles. The van der Waals surface area contributed by atoms with Crippen molar-refractivity contribution >= 4 is 23.2 Å². The fourth-order valence-electron chi connectivity index (χ4n) is 3.13. The molecule has 1 saturated heterocycles. The predicted molar refractivity (Wildman–Crippen MR) is 85.5 cm³/mol. The number of nitrogens with zero attached hydrogens (tertiary/aromatic N) is 3. The van der Waals surface area contributed by atoms with E-state index in [0.29, 0.717) is 11.9 Å². The van der Waals surface area contributed by atoms with E-state index in [4.69, 9.17) is 0 Å². The Hall–Kier alpha value is -1.43. The quantitative estimate of drug-likeness (QED) is 0.833. The van der Waals surface area contributed by atoms with Gasteiger partial charge in [0.05, 0.1) is 5.01 Å². The van der Waals surface area contributed by atoms with Crippen molar-refractivity contribution in [1.82, 2.24) is 14.8 Å². The van der Waals surface area contributed by atoms with E-state index in [9.17, 15) is 9.59 Å². The van der Waals surface area contributed by atoms with E-state index in [1.807, 2.05) is 16.5 Å². The van der Waals surface area contributed by atoms with Crippen LogP contribution in [0.5, 0.6) is 0 Å². The van der Waals surface area contributed by atoms with Gasteiger partial charge in [0.25, 0.3) is 0 Å². The van der Waals surface area contributed by atoms with Crippen LogP contribution in [0.3, 0.4) is 0 Å². The summed E-state index contributed by atoms with van der Waals surface area (Å²) < 4.78 is 0. The summed E-state index contributed by atoms with van der Waals surface area (Å²) >= 11 is 1.65. The van der Waals surface area contributed by atoms with Gasteiger partial charge in [-0.05, 0) is 25.7 Å². The second kappa shape index (κ2) is 6.77. The molecule has 0 bridgehead atoms. The summed E-state index contributed by atoms with van der Waals surface area (Å²) in [6.07, 6.45) is 6.55. The lowest BCUT2D eigenvalue weighted by Gasteiger charge is -2.34. The fourth-order valence-corrected chi connectivity index (χ4v) is 3.74. The molecule has 120 valence electrons. The van der Waals surface area contributed by atoms with Crippen molar-refractivity contribution in [3.8, 4) is 0 Å². The van der Waals surface area contributed by atoms with E-state index in [2.05, 4.69) is 9.88 Å². The molecule has 0 N–H and O–H groups in total. The summed E-state index contributed by atoms with van der Waals surface area (Å²) in [5.74, 6) is 0.503. The van der Waals surface area contributed by atoms with Crippen LogP contribution < -0.4 is 0 Å². The summed E-state index contributed by atoms with van der Waals surface area (Å²) in [5.41, 5.74) is 0. The topological polar surface area (TPSA) is 53.5 Å². The number of carbonyl (C=O) groups is 2. The first-order valence-electron chi connectivity index (χ1n) is 8.09. The second-order valence-corrected chi connectivity index (χ2v) is 7.20. The maximum Gasteiger partial charge on any atom is 0.226 e. The average molecular weight is 321 g/mol. The zero-order valence-electron chi connectivity index (χ0n) is 13.0. The molecule has 2 heterocycles. The minimum Gasteiger partial charge on any atom is -0.343 e. The molecule has 0 unspecified atom stereocenters. The van der Waals surface area contributed by atoms with Crippen molar-refractivity contribution in [2.45, 2.75) is 45.1 Å². The average Bonchev–Trinajstić information content (AvgIpc) is 3.22. The molecule has 1 aliphatic carbocycles. The van der Waals surface area contributed by atoms with E-state index in [-0.39, 0.29) is 11.8 Å². The molecule has 0 radical (unpaired) electrons. The molecule has 1 aliphatic heterocycles. The highest BCUT2D eigenvalue weighted by molar-refractivity contribution is 7.09. The highest BCUT2D eigenvalue weighted by Crippen LogP contribution is 2.30. The molecule has 3 rings (SSSR count). The molecule has 1 aromatic heterocycles. The molecule has 5 nitrogen and oxygen atoms in total. The molecule has 2 aliphatic rings. The van der Waals surface area contributed by atoms with E-state index < -0.39 is 0 Å². The Bertz CT molecular complexity index is 520. The van der Waals surface area contributed by atoms with Crippen LogP contribution in [0.2, 0.25) is 0 Å². The van der Waals surface area contributed by atoms with Crippen LogP contribution in [0.15, 0.2) is 11.6 Å². The van der Waals surface area contributed by atoms with Crippen molar-refractivity contribution in [2.75, 3.05) is 19.6 Å². The normalized spacial score (nSPS) is 19.2. The molecule has 2 fully saturated rings. The maximum absolute atomic E-state index is 12.8. The van der Waals surface area contributed by atoms with Gasteiger partial charge in [-0.15, -0.1) is 11.3 Å². The van der Waals surface area contributed by atoms with Crippen LogP contribution in [0.4, 0.5) is 0 Å². The lowest BCUT2D eigenvalue weighted by atomic mass is 9.95. The van der Waals surface area contributed by atoms with Gasteiger partial charge in [0.2, 0.25) is 11.8 Å². The van der Waals surface area contributed by atoms with Crippen LogP contribution in [0.25, 0.3) is 0 Å². The van der Waals surface area contributed by atoms with Gasteiger partial charge in [-0.3, -0.25) is 9.59 Å². The maximum atomic E-state index is 12.8. The highest BCUT2D eigenvalue weighted by Gasteiger charge is 2.36. The standard InChI is InChI=1S/C16H23N3O2S/c1-12(20)18-8-4-13(5-9-18)16(21)19(14-2-3-14)10-6-15-17-7-11-22-15/h7,11,13-14H,2-6,8-10H2,1H3. The lowest BCUT2D eigenvalue weighted by Crippen LogP contribution is -2.45. The Morgan fingerprint density at radius 3 is 2.59 bits per heavy atom. The summed E-state index contributed by atoms with van der Waals surface area (Å²) in [6.45, 7) is 3.82. The van der Waals surface area contributed by atoms with E-state index >= 15 is 0 Å². The Morgan fingerprint density at radius 2 is 2.05 bits per heavy atom. The second-order valence-electron chi connectivity index (χ2n) is 6.22. The van der Waals surface area contributed by atoms with Crippen LogP contribution >= 0.6 is 11.3 Å². The molecule has 2 amide bonds. The van der Waals surface area contributed by atoms with Gasteiger partial charge in [-0.1, -0.05) is 0 Å². The Morgan fingerprint density at radius 1 is 1.32 bits per heavy atom. The van der Waals surface area contributed by atoms with Crippen LogP contribution in [-0.4, -0.2) is 52.3 Å². The molecule has 1 aromatic rings. The Balaban J connectivity index is 1.55. The van der Waals surface area contributed by atoms with E-state index in [0.717, 1.165) is 56.7 Å². The van der Waals surface area contributed by atoms with Gasteiger partial charge in [0.1, 0.15) is 0 Å². The van der Waals surface area contributed by atoms with Crippen molar-refractivity contribution in [3.63, 3.8) is 0 Å². The minimum atomic E-state index is 0.0903. The van der Waals surface area contributed by atoms with E-state index in [1.165, 1.54) is 0 Å². The third-order valence-corrected chi connectivity index (χ3v) is 5.45. The van der Waals surface area contributed by atoms with Gasteiger partial charge in [-0.25, -0.2) is 4.98 Å². The molecule has 0 aromatic carbocycles. The number of likely N-dealkylation sites (tertiary alicyclic amines) is 1.